The van der Waals surface area contributed by atoms with E-state index in [1.807, 2.05) is 13.0 Å². The first-order chi connectivity index (χ1) is 5.76. The second-order valence-corrected chi connectivity index (χ2v) is 3.39. The minimum absolute atomic E-state index is 0.516. The number of carbonyl (C=O) groups is 1. The van der Waals surface area contributed by atoms with Crippen LogP contribution in [0.15, 0.2) is 18.2 Å². The number of hydrogen-bond donors (Lipinski definition) is 0. The van der Waals surface area contributed by atoms with Crippen molar-refractivity contribution in [1.29, 1.82) is 0 Å². The predicted octanol–water partition coefficient (Wildman–Crippen LogP) is 2.63. The summed E-state index contributed by atoms with van der Waals surface area (Å²) in [6, 6.07) is 6.21. The van der Waals surface area contributed by atoms with Crippen LogP contribution in [-0.2, 0) is 16.5 Å². The molecule has 1 nitrogen and oxygen atoms in total. The van der Waals surface area contributed by atoms with Gasteiger partial charge in [-0.3, -0.25) is 0 Å². The van der Waals surface area contributed by atoms with E-state index < -0.39 is 0 Å². The highest BCUT2D eigenvalue weighted by Crippen LogP contribution is 2.12. The molecule has 2 heteroatoms. The number of hydrogen-bond acceptors (Lipinski definition) is 1. The van der Waals surface area contributed by atoms with Gasteiger partial charge in [-0.2, -0.15) is 0 Å². The van der Waals surface area contributed by atoms with Crippen molar-refractivity contribution in [3.8, 4) is 0 Å². The fraction of sp³-hybridized carbons (Fsp3) is 0.300. The molecule has 0 aromatic heterocycles. The van der Waals surface area contributed by atoms with Gasteiger partial charge in [0.25, 0.3) is 0 Å². The second-order valence-electron chi connectivity index (χ2n) is 2.83. The number of rotatable bonds is 3. The zero-order valence-electron chi connectivity index (χ0n) is 7.01. The first-order valence-electron chi connectivity index (χ1n) is 3.85. The van der Waals surface area contributed by atoms with Crippen molar-refractivity contribution in [3.05, 3.63) is 34.9 Å². The first-order valence-corrected chi connectivity index (χ1v) is 4.97. The Morgan fingerprint density at radius 3 is 2.58 bits per heavy atom. The molecular weight excluding hydrogens is 216 g/mol. The van der Waals surface area contributed by atoms with Crippen molar-refractivity contribution < 1.29 is 4.79 Å². The van der Waals surface area contributed by atoms with Crippen LogP contribution in [0.3, 0.4) is 0 Å². The maximum absolute atomic E-state index is 10.3. The largest absolute Gasteiger partial charge is 0.303 e. The molecule has 0 saturated heterocycles. The number of aryl methyl sites for hydroxylation is 1. The van der Waals surface area contributed by atoms with Crippen molar-refractivity contribution in [3.63, 3.8) is 0 Å². The molecule has 0 aliphatic rings. The molecule has 1 aromatic rings. The zero-order chi connectivity index (χ0) is 8.97. The van der Waals surface area contributed by atoms with Crippen LogP contribution in [0.1, 0.15) is 16.7 Å². The normalized spacial score (nSPS) is 9.83. The maximum Gasteiger partial charge on any atom is 0.124 e. The van der Waals surface area contributed by atoms with Crippen LogP contribution < -0.4 is 0 Å². The van der Waals surface area contributed by atoms with Gasteiger partial charge in [0.2, 0.25) is 0 Å². The summed E-state index contributed by atoms with van der Waals surface area (Å²) in [5, 5.41) is 0.848. The molecule has 1 aromatic carbocycles. The summed E-state index contributed by atoms with van der Waals surface area (Å²) >= 11 is 3.39. The molecule has 0 fully saturated rings. The molecule has 0 heterocycles. The highest BCUT2D eigenvalue weighted by Gasteiger charge is 1.96. The summed E-state index contributed by atoms with van der Waals surface area (Å²) in [4.78, 5) is 10.3. The molecule has 0 unspecified atom stereocenters. The molecule has 0 aliphatic heterocycles. The summed E-state index contributed by atoms with van der Waals surface area (Å²) in [5.74, 6) is 0. The van der Waals surface area contributed by atoms with E-state index in [9.17, 15) is 4.79 Å². The number of halogens is 1. The monoisotopic (exact) mass is 226 g/mol. The number of carbonyl (C=O) groups excluding carboxylic acids is 1. The van der Waals surface area contributed by atoms with Crippen LogP contribution >= 0.6 is 15.9 Å². The Labute approximate surface area is 80.9 Å². The lowest BCUT2D eigenvalue weighted by atomic mass is 10.1. The second kappa shape index (κ2) is 4.41. The molecule has 0 atom stereocenters. The smallest absolute Gasteiger partial charge is 0.124 e. The molecule has 1 rings (SSSR count). The third-order valence-corrected chi connectivity index (χ3v) is 2.32. The predicted molar refractivity (Wildman–Crippen MR) is 53.6 cm³/mol. The van der Waals surface area contributed by atoms with Crippen molar-refractivity contribution in [2.24, 2.45) is 0 Å². The molecule has 0 aliphatic carbocycles. The Morgan fingerprint density at radius 1 is 1.33 bits per heavy atom. The fourth-order valence-electron chi connectivity index (χ4n) is 1.24. The van der Waals surface area contributed by atoms with Crippen LogP contribution in [0.5, 0.6) is 0 Å². The molecular formula is C10H11BrO. The van der Waals surface area contributed by atoms with E-state index in [2.05, 4.69) is 28.1 Å². The SMILES string of the molecule is Cc1cc(CBr)cc(CC=O)c1. The quantitative estimate of drug-likeness (QED) is 0.573. The molecule has 12 heavy (non-hydrogen) atoms. The molecule has 0 amide bonds. The van der Waals surface area contributed by atoms with Gasteiger partial charge in [0.1, 0.15) is 6.29 Å². The lowest BCUT2D eigenvalue weighted by molar-refractivity contribution is -0.107. The third kappa shape index (κ3) is 2.45. The highest BCUT2D eigenvalue weighted by atomic mass is 79.9. The fourth-order valence-corrected chi connectivity index (χ4v) is 1.56. The van der Waals surface area contributed by atoms with Crippen LogP contribution in [0, 0.1) is 6.92 Å². The minimum atomic E-state index is 0.516. The zero-order valence-corrected chi connectivity index (χ0v) is 8.60. The van der Waals surface area contributed by atoms with Crippen LogP contribution in [0.2, 0.25) is 0 Å². The highest BCUT2D eigenvalue weighted by molar-refractivity contribution is 9.08. The number of benzene rings is 1. The van der Waals surface area contributed by atoms with E-state index >= 15 is 0 Å². The Balaban J connectivity index is 2.97. The van der Waals surface area contributed by atoms with E-state index in [4.69, 9.17) is 0 Å². The van der Waals surface area contributed by atoms with Gasteiger partial charge in [-0.25, -0.2) is 0 Å². The molecule has 0 spiro atoms. The van der Waals surface area contributed by atoms with Gasteiger partial charge in [0.15, 0.2) is 0 Å². The van der Waals surface area contributed by atoms with E-state index in [1.54, 1.807) is 0 Å². The average molecular weight is 227 g/mol. The van der Waals surface area contributed by atoms with Gasteiger partial charge < -0.3 is 4.79 Å². The van der Waals surface area contributed by atoms with E-state index in [1.165, 1.54) is 11.1 Å². The standard InChI is InChI=1S/C10H11BrO/c1-8-4-9(2-3-12)6-10(5-8)7-11/h3-6H,2,7H2,1H3. The van der Waals surface area contributed by atoms with Crippen LogP contribution in [0.25, 0.3) is 0 Å². The van der Waals surface area contributed by atoms with Gasteiger partial charge in [-0.1, -0.05) is 39.7 Å². The topological polar surface area (TPSA) is 17.1 Å². The average Bonchev–Trinajstić information content (AvgIpc) is 2.04. The van der Waals surface area contributed by atoms with Crippen LogP contribution in [0.4, 0.5) is 0 Å². The lowest BCUT2D eigenvalue weighted by Gasteiger charge is -2.01. The van der Waals surface area contributed by atoms with Gasteiger partial charge in [0.05, 0.1) is 0 Å². The summed E-state index contributed by atoms with van der Waals surface area (Å²) in [6.07, 6.45) is 1.45. The Bertz CT molecular complexity index is 281. The van der Waals surface area contributed by atoms with E-state index in [-0.39, 0.29) is 0 Å². The first kappa shape index (κ1) is 9.46. The number of alkyl halides is 1. The van der Waals surface area contributed by atoms with Crippen molar-refractivity contribution in [2.75, 3.05) is 0 Å². The van der Waals surface area contributed by atoms with E-state index in [0.717, 1.165) is 17.2 Å². The Morgan fingerprint density at radius 2 is 2.00 bits per heavy atom. The molecule has 0 bridgehead atoms. The van der Waals surface area contributed by atoms with Gasteiger partial charge in [0, 0.05) is 11.8 Å². The van der Waals surface area contributed by atoms with Gasteiger partial charge in [-0.15, -0.1) is 0 Å². The summed E-state index contributed by atoms with van der Waals surface area (Å²) < 4.78 is 0. The minimum Gasteiger partial charge on any atom is -0.303 e. The van der Waals surface area contributed by atoms with Gasteiger partial charge in [-0.05, 0) is 18.1 Å². The molecule has 0 radical (unpaired) electrons. The summed E-state index contributed by atoms with van der Waals surface area (Å²) in [7, 11) is 0. The van der Waals surface area contributed by atoms with Crippen molar-refractivity contribution in [2.45, 2.75) is 18.7 Å². The molecule has 64 valence electrons. The molecule has 0 N–H and O–H groups in total. The number of aldehydes is 1. The Kier molecular flexibility index (Phi) is 3.48. The van der Waals surface area contributed by atoms with Gasteiger partial charge >= 0.3 is 0 Å². The summed E-state index contributed by atoms with van der Waals surface area (Å²) in [5.41, 5.74) is 3.54. The maximum atomic E-state index is 10.3. The van der Waals surface area contributed by atoms with Crippen LogP contribution in [-0.4, -0.2) is 6.29 Å². The van der Waals surface area contributed by atoms with Crippen molar-refractivity contribution in [1.82, 2.24) is 0 Å². The molecule has 0 saturated carbocycles. The lowest BCUT2D eigenvalue weighted by Crippen LogP contribution is -1.89. The van der Waals surface area contributed by atoms with E-state index in [0.29, 0.717) is 6.42 Å². The van der Waals surface area contributed by atoms with Crippen molar-refractivity contribution >= 4 is 22.2 Å². The Hall–Kier alpha value is -0.630. The third-order valence-electron chi connectivity index (χ3n) is 1.67. The summed E-state index contributed by atoms with van der Waals surface area (Å²) in [6.45, 7) is 2.04.